The molecule has 1 aromatic heterocycles. The molecular weight excluding hydrogens is 435 g/mol. The molecule has 0 saturated heterocycles. The Labute approximate surface area is 168 Å². The Morgan fingerprint density at radius 1 is 1.33 bits per heavy atom. The Kier molecular flexibility index (Phi) is 11.9. The zero-order valence-corrected chi connectivity index (χ0v) is 18.9. The van der Waals surface area contributed by atoms with Crippen molar-refractivity contribution in [2.45, 2.75) is 39.3 Å². The van der Waals surface area contributed by atoms with Crippen LogP contribution in [0.4, 0.5) is 0 Å². The van der Waals surface area contributed by atoms with Gasteiger partial charge in [0.2, 0.25) is 0 Å². The number of ether oxygens (including phenoxy) is 1. The molecule has 0 saturated carbocycles. The summed E-state index contributed by atoms with van der Waals surface area (Å²) in [6.45, 7) is 12.1. The first-order valence-corrected chi connectivity index (χ1v) is 9.17. The Hall–Kier alpha value is -0.380. The van der Waals surface area contributed by atoms with E-state index in [0.717, 1.165) is 25.6 Å². The lowest BCUT2D eigenvalue weighted by Crippen LogP contribution is -2.47. The summed E-state index contributed by atoms with van der Waals surface area (Å²) in [7, 11) is 3.52. The molecule has 1 heterocycles. The first-order valence-electron chi connectivity index (χ1n) is 8.23. The van der Waals surface area contributed by atoms with Crippen molar-refractivity contribution < 1.29 is 4.74 Å². The van der Waals surface area contributed by atoms with Crippen molar-refractivity contribution in [3.63, 3.8) is 0 Å². The van der Waals surface area contributed by atoms with Gasteiger partial charge >= 0.3 is 0 Å². The molecule has 1 atom stereocenters. The van der Waals surface area contributed by atoms with Crippen LogP contribution in [0, 0.1) is 0 Å². The fourth-order valence-electron chi connectivity index (χ4n) is 2.37. The zero-order valence-electron chi connectivity index (χ0n) is 15.8. The highest BCUT2D eigenvalue weighted by molar-refractivity contribution is 14.0. The second-order valence-corrected chi connectivity index (χ2v) is 6.84. The maximum absolute atomic E-state index is 5.44. The predicted octanol–water partition coefficient (Wildman–Crippen LogP) is 3.34. The number of nitrogens with zero attached hydrogens (tertiary/aromatic N) is 2. The smallest absolute Gasteiger partial charge is 0.191 e. The minimum Gasteiger partial charge on any atom is -0.377 e. The van der Waals surface area contributed by atoms with Crippen LogP contribution in [0.3, 0.4) is 0 Å². The first kappa shape index (κ1) is 23.6. The maximum atomic E-state index is 5.44. The standard InChI is InChI=1S/C17H32N4OS.HI/c1-7-21(8-2)15(14-9-10-23-12-14)11-19-16(18-5)20-13-17(3,4)22-6;/h9-10,12,15H,7-8,11,13H2,1-6H3,(H2,18,19,20);1H. The van der Waals surface area contributed by atoms with Crippen molar-refractivity contribution in [2.75, 3.05) is 40.3 Å². The van der Waals surface area contributed by atoms with E-state index in [0.29, 0.717) is 12.6 Å². The van der Waals surface area contributed by atoms with Gasteiger partial charge in [-0.1, -0.05) is 13.8 Å². The summed E-state index contributed by atoms with van der Waals surface area (Å²) in [5, 5.41) is 11.2. The van der Waals surface area contributed by atoms with Crippen LogP contribution in [0.25, 0.3) is 0 Å². The van der Waals surface area contributed by atoms with Gasteiger partial charge in [-0.25, -0.2) is 0 Å². The molecule has 0 spiro atoms. The number of guanidine groups is 1. The molecule has 5 nitrogen and oxygen atoms in total. The van der Waals surface area contributed by atoms with E-state index in [1.54, 1.807) is 25.5 Å². The topological polar surface area (TPSA) is 48.9 Å². The Bertz CT molecular complexity index is 461. The number of thiophene rings is 1. The fraction of sp³-hybridized carbons (Fsp3) is 0.706. The van der Waals surface area contributed by atoms with E-state index >= 15 is 0 Å². The largest absolute Gasteiger partial charge is 0.377 e. The van der Waals surface area contributed by atoms with Crippen molar-refractivity contribution in [3.8, 4) is 0 Å². The van der Waals surface area contributed by atoms with E-state index in [4.69, 9.17) is 4.74 Å². The van der Waals surface area contributed by atoms with Gasteiger partial charge in [-0.2, -0.15) is 11.3 Å². The second-order valence-electron chi connectivity index (χ2n) is 6.06. The highest BCUT2D eigenvalue weighted by Gasteiger charge is 2.20. The lowest BCUT2D eigenvalue weighted by atomic mass is 10.1. The molecule has 0 bridgehead atoms. The Morgan fingerprint density at radius 2 is 2.00 bits per heavy atom. The van der Waals surface area contributed by atoms with Gasteiger partial charge < -0.3 is 15.4 Å². The van der Waals surface area contributed by atoms with E-state index in [-0.39, 0.29) is 29.6 Å². The number of hydrogen-bond donors (Lipinski definition) is 2. The van der Waals surface area contributed by atoms with Gasteiger partial charge in [0, 0.05) is 27.2 Å². The highest BCUT2D eigenvalue weighted by atomic mass is 127. The number of aliphatic imine (C=N–C) groups is 1. The maximum Gasteiger partial charge on any atom is 0.191 e. The van der Waals surface area contributed by atoms with Crippen LogP contribution in [-0.2, 0) is 4.74 Å². The van der Waals surface area contributed by atoms with Crippen LogP contribution >= 0.6 is 35.3 Å². The summed E-state index contributed by atoms with van der Waals surface area (Å²) in [6, 6.07) is 2.56. The number of halogens is 1. The van der Waals surface area contributed by atoms with Crippen molar-refractivity contribution in [1.82, 2.24) is 15.5 Å². The number of nitrogens with one attached hydrogen (secondary N) is 2. The third-order valence-corrected chi connectivity index (χ3v) is 4.80. The molecule has 1 rings (SSSR count). The van der Waals surface area contributed by atoms with Crippen LogP contribution in [0.5, 0.6) is 0 Å². The van der Waals surface area contributed by atoms with Crippen LogP contribution < -0.4 is 10.6 Å². The van der Waals surface area contributed by atoms with E-state index in [1.165, 1.54) is 5.56 Å². The Morgan fingerprint density at radius 3 is 2.46 bits per heavy atom. The van der Waals surface area contributed by atoms with Crippen molar-refractivity contribution >= 4 is 41.3 Å². The van der Waals surface area contributed by atoms with Crippen molar-refractivity contribution in [3.05, 3.63) is 22.4 Å². The molecule has 0 aromatic carbocycles. The average Bonchev–Trinajstić information content (AvgIpc) is 3.08. The minimum atomic E-state index is -0.219. The van der Waals surface area contributed by atoms with Crippen LogP contribution in [0.2, 0.25) is 0 Å². The number of likely N-dealkylation sites (N-methyl/N-ethyl adjacent to an activating group) is 1. The van der Waals surface area contributed by atoms with Gasteiger partial charge in [0.05, 0.1) is 11.6 Å². The number of hydrogen-bond acceptors (Lipinski definition) is 4. The van der Waals surface area contributed by atoms with Gasteiger partial charge in [-0.15, -0.1) is 24.0 Å². The molecule has 0 fully saturated rings. The predicted molar refractivity (Wildman–Crippen MR) is 116 cm³/mol. The van der Waals surface area contributed by atoms with Gasteiger partial charge in [-0.05, 0) is 49.3 Å². The normalized spacial score (nSPS) is 13.5. The van der Waals surface area contributed by atoms with Crippen LogP contribution in [0.1, 0.15) is 39.3 Å². The molecule has 1 aromatic rings. The third kappa shape index (κ3) is 7.67. The number of methoxy groups -OCH3 is 1. The van der Waals surface area contributed by atoms with E-state index in [2.05, 4.69) is 65.0 Å². The molecule has 140 valence electrons. The van der Waals surface area contributed by atoms with Crippen LogP contribution in [0.15, 0.2) is 21.8 Å². The van der Waals surface area contributed by atoms with Gasteiger partial charge in [0.25, 0.3) is 0 Å². The molecule has 2 N–H and O–H groups in total. The van der Waals surface area contributed by atoms with Crippen molar-refractivity contribution in [1.29, 1.82) is 0 Å². The van der Waals surface area contributed by atoms with Gasteiger partial charge in [0.15, 0.2) is 5.96 Å². The molecule has 0 aliphatic carbocycles. The van der Waals surface area contributed by atoms with E-state index in [1.807, 2.05) is 0 Å². The molecular formula is C17H33IN4OS. The summed E-state index contributed by atoms with van der Waals surface area (Å²) < 4.78 is 5.44. The molecule has 0 aliphatic rings. The summed E-state index contributed by atoms with van der Waals surface area (Å²) >= 11 is 1.75. The van der Waals surface area contributed by atoms with Crippen molar-refractivity contribution in [2.24, 2.45) is 4.99 Å². The number of rotatable bonds is 9. The van der Waals surface area contributed by atoms with E-state index < -0.39 is 0 Å². The molecule has 1 unspecified atom stereocenters. The van der Waals surface area contributed by atoms with Gasteiger partial charge in [-0.3, -0.25) is 9.89 Å². The minimum absolute atomic E-state index is 0. The third-order valence-electron chi connectivity index (χ3n) is 4.10. The highest BCUT2D eigenvalue weighted by Crippen LogP contribution is 2.22. The van der Waals surface area contributed by atoms with Crippen LogP contribution in [-0.4, -0.2) is 56.8 Å². The molecule has 0 amide bonds. The molecule has 0 radical (unpaired) electrons. The molecule has 0 aliphatic heterocycles. The summed E-state index contributed by atoms with van der Waals surface area (Å²) in [6.07, 6.45) is 0. The van der Waals surface area contributed by atoms with E-state index in [9.17, 15) is 0 Å². The Balaban J connectivity index is 0.00000529. The average molecular weight is 468 g/mol. The molecule has 24 heavy (non-hydrogen) atoms. The summed E-state index contributed by atoms with van der Waals surface area (Å²) in [4.78, 5) is 6.77. The SMILES string of the molecule is CCN(CC)C(CNC(=NC)NCC(C)(C)OC)c1ccsc1.I. The zero-order chi connectivity index (χ0) is 17.3. The fourth-order valence-corrected chi connectivity index (χ4v) is 3.08. The first-order chi connectivity index (χ1) is 11.0. The quantitative estimate of drug-likeness (QED) is 0.332. The molecule has 7 heteroatoms. The lowest BCUT2D eigenvalue weighted by Gasteiger charge is -2.30. The van der Waals surface area contributed by atoms with Gasteiger partial charge in [0.1, 0.15) is 0 Å². The second kappa shape index (κ2) is 12.1. The monoisotopic (exact) mass is 468 g/mol. The summed E-state index contributed by atoms with van der Waals surface area (Å²) in [5.41, 5.74) is 1.14. The summed E-state index contributed by atoms with van der Waals surface area (Å²) in [5.74, 6) is 0.808. The lowest BCUT2D eigenvalue weighted by molar-refractivity contribution is 0.0268.